The zero-order valence-electron chi connectivity index (χ0n) is 12.4. The van der Waals surface area contributed by atoms with Gasteiger partial charge in [0.15, 0.2) is 5.65 Å². The normalized spacial score (nSPS) is 16.6. The van der Waals surface area contributed by atoms with Gasteiger partial charge in [-0.2, -0.15) is 5.10 Å². The van der Waals surface area contributed by atoms with Crippen LogP contribution in [0.1, 0.15) is 36.5 Å². The first kappa shape index (κ1) is 13.9. The molecule has 3 rings (SSSR count). The average Bonchev–Trinajstić information content (AvgIpc) is 2.88. The van der Waals surface area contributed by atoms with Crippen molar-refractivity contribution < 1.29 is 9.90 Å². The SMILES string of the molecule is CCC1CCN(c2c(C(=O)O)cnc3c2cnn3C)CC1. The molecule has 1 N–H and O–H groups in total. The fraction of sp³-hybridized carbons (Fsp3) is 0.533. The Hall–Kier alpha value is -2.11. The van der Waals surface area contributed by atoms with E-state index in [1.54, 1.807) is 10.9 Å². The molecular formula is C15H20N4O2. The van der Waals surface area contributed by atoms with Crippen molar-refractivity contribution in [3.8, 4) is 0 Å². The second-order valence-corrected chi connectivity index (χ2v) is 5.67. The molecule has 2 aromatic rings. The molecule has 21 heavy (non-hydrogen) atoms. The van der Waals surface area contributed by atoms with Gasteiger partial charge in [-0.3, -0.25) is 4.68 Å². The molecule has 0 unspecified atom stereocenters. The number of carbonyl (C=O) groups is 1. The fourth-order valence-electron chi connectivity index (χ4n) is 3.15. The number of pyridine rings is 1. The topological polar surface area (TPSA) is 71.2 Å². The van der Waals surface area contributed by atoms with Crippen LogP contribution in [0.15, 0.2) is 12.4 Å². The number of rotatable bonds is 3. The largest absolute Gasteiger partial charge is 0.478 e. The molecule has 0 radical (unpaired) electrons. The van der Waals surface area contributed by atoms with Crippen LogP contribution in [0.4, 0.5) is 5.69 Å². The number of carboxylic acid groups (broad SMARTS) is 1. The van der Waals surface area contributed by atoms with E-state index in [0.717, 1.165) is 48.6 Å². The van der Waals surface area contributed by atoms with Crippen molar-refractivity contribution in [3.05, 3.63) is 18.0 Å². The minimum atomic E-state index is -0.930. The van der Waals surface area contributed by atoms with Gasteiger partial charge in [0.25, 0.3) is 0 Å². The molecule has 0 aromatic carbocycles. The van der Waals surface area contributed by atoms with Gasteiger partial charge in [0.1, 0.15) is 5.56 Å². The Morgan fingerprint density at radius 2 is 2.10 bits per heavy atom. The molecule has 6 nitrogen and oxygen atoms in total. The molecular weight excluding hydrogens is 268 g/mol. The smallest absolute Gasteiger partial charge is 0.339 e. The lowest BCUT2D eigenvalue weighted by Crippen LogP contribution is -2.34. The average molecular weight is 288 g/mol. The monoisotopic (exact) mass is 288 g/mol. The Balaban J connectivity index is 2.06. The lowest BCUT2D eigenvalue weighted by atomic mass is 9.93. The van der Waals surface area contributed by atoms with Gasteiger partial charge in [-0.1, -0.05) is 13.3 Å². The van der Waals surface area contributed by atoms with E-state index in [9.17, 15) is 9.90 Å². The van der Waals surface area contributed by atoms with Crippen molar-refractivity contribution in [1.29, 1.82) is 0 Å². The third-order valence-corrected chi connectivity index (χ3v) is 4.47. The Kier molecular flexibility index (Phi) is 3.53. The summed E-state index contributed by atoms with van der Waals surface area (Å²) in [5.74, 6) is -0.179. The van der Waals surface area contributed by atoms with E-state index in [4.69, 9.17) is 0 Å². The van der Waals surface area contributed by atoms with Crippen LogP contribution in [-0.2, 0) is 7.05 Å². The Morgan fingerprint density at radius 3 is 2.71 bits per heavy atom. The highest BCUT2D eigenvalue weighted by atomic mass is 16.4. The zero-order valence-corrected chi connectivity index (χ0v) is 12.4. The molecule has 0 aliphatic carbocycles. The Bertz CT molecular complexity index is 672. The number of hydrogen-bond donors (Lipinski definition) is 1. The van der Waals surface area contributed by atoms with Crippen molar-refractivity contribution in [2.24, 2.45) is 13.0 Å². The van der Waals surface area contributed by atoms with Crippen LogP contribution in [0.2, 0.25) is 0 Å². The second-order valence-electron chi connectivity index (χ2n) is 5.67. The van der Waals surface area contributed by atoms with E-state index in [2.05, 4.69) is 21.9 Å². The maximum Gasteiger partial charge on any atom is 0.339 e. The van der Waals surface area contributed by atoms with E-state index < -0.39 is 5.97 Å². The number of carboxylic acids is 1. The molecule has 1 aliphatic heterocycles. The van der Waals surface area contributed by atoms with Crippen LogP contribution in [0, 0.1) is 5.92 Å². The summed E-state index contributed by atoms with van der Waals surface area (Å²) in [6, 6.07) is 0. The number of hydrogen-bond acceptors (Lipinski definition) is 4. The molecule has 1 fully saturated rings. The summed E-state index contributed by atoms with van der Waals surface area (Å²) in [6.45, 7) is 4.01. The molecule has 3 heterocycles. The van der Waals surface area contributed by atoms with Gasteiger partial charge < -0.3 is 10.0 Å². The number of piperidine rings is 1. The van der Waals surface area contributed by atoms with Crippen molar-refractivity contribution in [1.82, 2.24) is 14.8 Å². The standard InChI is InChI=1S/C15H20N4O2/c1-3-10-4-6-19(7-5-10)13-11-9-17-18(2)14(11)16-8-12(13)15(20)21/h8-10H,3-7H2,1-2H3,(H,20,21). The van der Waals surface area contributed by atoms with Crippen molar-refractivity contribution in [3.63, 3.8) is 0 Å². The van der Waals surface area contributed by atoms with E-state index in [-0.39, 0.29) is 5.56 Å². The molecule has 0 atom stereocenters. The Morgan fingerprint density at radius 1 is 1.38 bits per heavy atom. The first-order chi connectivity index (χ1) is 10.1. The predicted molar refractivity (Wildman–Crippen MR) is 80.7 cm³/mol. The molecule has 6 heteroatoms. The second kappa shape index (κ2) is 5.35. The number of aryl methyl sites for hydroxylation is 1. The van der Waals surface area contributed by atoms with E-state index >= 15 is 0 Å². The zero-order chi connectivity index (χ0) is 15.0. The summed E-state index contributed by atoms with van der Waals surface area (Å²) in [5, 5.41) is 14.5. The van der Waals surface area contributed by atoms with Gasteiger partial charge >= 0.3 is 5.97 Å². The maximum absolute atomic E-state index is 11.5. The molecule has 1 aliphatic rings. The summed E-state index contributed by atoms with van der Waals surface area (Å²) < 4.78 is 1.68. The van der Waals surface area contributed by atoms with Crippen LogP contribution in [0.5, 0.6) is 0 Å². The number of aromatic carboxylic acids is 1. The lowest BCUT2D eigenvalue weighted by molar-refractivity contribution is 0.0697. The summed E-state index contributed by atoms with van der Waals surface area (Å²) >= 11 is 0. The number of anilines is 1. The minimum Gasteiger partial charge on any atom is -0.478 e. The van der Waals surface area contributed by atoms with Crippen LogP contribution in [-0.4, -0.2) is 38.9 Å². The summed E-state index contributed by atoms with van der Waals surface area (Å²) in [7, 11) is 1.82. The number of fused-ring (bicyclic) bond motifs is 1. The molecule has 0 amide bonds. The van der Waals surface area contributed by atoms with Crippen LogP contribution < -0.4 is 4.90 Å². The van der Waals surface area contributed by atoms with E-state index in [0.29, 0.717) is 0 Å². The van der Waals surface area contributed by atoms with Gasteiger partial charge in [0.2, 0.25) is 0 Å². The van der Waals surface area contributed by atoms with Gasteiger partial charge in [0.05, 0.1) is 17.3 Å². The molecule has 2 aromatic heterocycles. The highest BCUT2D eigenvalue weighted by Gasteiger charge is 2.25. The predicted octanol–water partition coefficient (Wildman–Crippen LogP) is 2.29. The van der Waals surface area contributed by atoms with E-state index in [1.807, 2.05) is 7.05 Å². The van der Waals surface area contributed by atoms with Gasteiger partial charge in [-0.15, -0.1) is 0 Å². The highest BCUT2D eigenvalue weighted by molar-refractivity contribution is 6.03. The van der Waals surface area contributed by atoms with Crippen LogP contribution in [0.3, 0.4) is 0 Å². The van der Waals surface area contributed by atoms with Crippen LogP contribution >= 0.6 is 0 Å². The van der Waals surface area contributed by atoms with Crippen molar-refractivity contribution >= 4 is 22.7 Å². The molecule has 0 bridgehead atoms. The lowest BCUT2D eigenvalue weighted by Gasteiger charge is -2.34. The highest BCUT2D eigenvalue weighted by Crippen LogP contribution is 2.33. The summed E-state index contributed by atoms with van der Waals surface area (Å²) in [6.07, 6.45) is 6.58. The molecule has 0 spiro atoms. The van der Waals surface area contributed by atoms with Gasteiger partial charge in [-0.25, -0.2) is 9.78 Å². The molecule has 112 valence electrons. The summed E-state index contributed by atoms with van der Waals surface area (Å²) in [5.41, 5.74) is 1.77. The number of nitrogens with zero attached hydrogens (tertiary/aromatic N) is 4. The fourth-order valence-corrected chi connectivity index (χ4v) is 3.15. The third-order valence-electron chi connectivity index (χ3n) is 4.47. The summed E-state index contributed by atoms with van der Waals surface area (Å²) in [4.78, 5) is 18.0. The van der Waals surface area contributed by atoms with Crippen molar-refractivity contribution in [2.75, 3.05) is 18.0 Å². The van der Waals surface area contributed by atoms with Crippen LogP contribution in [0.25, 0.3) is 11.0 Å². The van der Waals surface area contributed by atoms with Crippen molar-refractivity contribution in [2.45, 2.75) is 26.2 Å². The number of aromatic nitrogens is 3. The first-order valence-corrected chi connectivity index (χ1v) is 7.40. The maximum atomic E-state index is 11.5. The minimum absolute atomic E-state index is 0.269. The molecule has 1 saturated heterocycles. The quantitative estimate of drug-likeness (QED) is 0.938. The molecule has 0 saturated carbocycles. The van der Waals surface area contributed by atoms with Gasteiger partial charge in [0, 0.05) is 26.3 Å². The third kappa shape index (κ3) is 2.34. The van der Waals surface area contributed by atoms with Gasteiger partial charge in [-0.05, 0) is 18.8 Å². The van der Waals surface area contributed by atoms with E-state index in [1.165, 1.54) is 12.6 Å². The first-order valence-electron chi connectivity index (χ1n) is 7.40. The Labute approximate surface area is 123 Å².